The predicted octanol–water partition coefficient (Wildman–Crippen LogP) is 6.38. The molecule has 4 rings (SSSR count). The van der Waals surface area contributed by atoms with Gasteiger partial charge in [0.05, 0.1) is 43.0 Å². The quantitative estimate of drug-likeness (QED) is 0.156. The normalized spacial score (nSPS) is 12.1. The molecule has 0 spiro atoms. The molecular formula is C32H34ClN3O6. The van der Waals surface area contributed by atoms with Crippen molar-refractivity contribution in [1.82, 2.24) is 9.66 Å². The fraction of sp³-hybridized carbons (Fsp3) is 0.312. The minimum atomic E-state index is -0.899. The summed E-state index contributed by atoms with van der Waals surface area (Å²) in [7, 11) is 3.10. The van der Waals surface area contributed by atoms with Crippen molar-refractivity contribution in [1.29, 1.82) is 0 Å². The summed E-state index contributed by atoms with van der Waals surface area (Å²) in [6, 6.07) is 14.4. The third-order valence-corrected chi connectivity index (χ3v) is 6.96. The fourth-order valence-corrected chi connectivity index (χ4v) is 4.77. The van der Waals surface area contributed by atoms with E-state index in [1.165, 1.54) is 18.0 Å². The molecule has 220 valence electrons. The van der Waals surface area contributed by atoms with Crippen LogP contribution in [0.1, 0.15) is 50.3 Å². The first-order chi connectivity index (χ1) is 20.1. The molecule has 0 saturated carbocycles. The van der Waals surface area contributed by atoms with Gasteiger partial charge in [0.2, 0.25) is 0 Å². The highest BCUT2D eigenvalue weighted by molar-refractivity contribution is 6.32. The topological polar surface area (TPSA) is 101 Å². The van der Waals surface area contributed by atoms with Gasteiger partial charge in [0.25, 0.3) is 5.56 Å². The van der Waals surface area contributed by atoms with E-state index in [0.29, 0.717) is 22.3 Å². The molecule has 10 heteroatoms. The number of ether oxygens (including phenoxy) is 4. The van der Waals surface area contributed by atoms with Crippen molar-refractivity contribution in [3.05, 3.63) is 80.6 Å². The zero-order valence-corrected chi connectivity index (χ0v) is 25.5. The van der Waals surface area contributed by atoms with Gasteiger partial charge in [-0.25, -0.2) is 9.78 Å². The molecule has 0 aliphatic heterocycles. The number of hydrogen-bond donors (Lipinski definition) is 0. The van der Waals surface area contributed by atoms with Crippen LogP contribution in [0.4, 0.5) is 0 Å². The molecule has 0 unspecified atom stereocenters. The maximum Gasteiger partial charge on any atom is 0.347 e. The Kier molecular flexibility index (Phi) is 9.52. The molecule has 0 radical (unpaired) electrons. The molecule has 9 nitrogen and oxygen atoms in total. The molecule has 1 aromatic heterocycles. The molecule has 0 N–H and O–H groups in total. The van der Waals surface area contributed by atoms with Crippen molar-refractivity contribution < 1.29 is 23.7 Å². The number of carbonyl (C=O) groups is 1. The van der Waals surface area contributed by atoms with Gasteiger partial charge in [-0.1, -0.05) is 37.6 Å². The average Bonchev–Trinajstić information content (AvgIpc) is 2.97. The molecule has 0 aliphatic rings. The van der Waals surface area contributed by atoms with Crippen LogP contribution in [0, 0.1) is 6.92 Å². The van der Waals surface area contributed by atoms with Crippen LogP contribution < -0.4 is 19.8 Å². The largest absolute Gasteiger partial charge is 0.496 e. The van der Waals surface area contributed by atoms with Gasteiger partial charge in [-0.15, -0.1) is 0 Å². The fourth-order valence-electron chi connectivity index (χ4n) is 4.51. The second kappa shape index (κ2) is 13.1. The lowest BCUT2D eigenvalue weighted by molar-refractivity contribution is -0.150. The van der Waals surface area contributed by atoms with E-state index in [1.54, 1.807) is 51.3 Å². The van der Waals surface area contributed by atoms with E-state index >= 15 is 0 Å². The van der Waals surface area contributed by atoms with E-state index in [9.17, 15) is 9.59 Å². The standard InChI is InChI=1S/C32H34ClN3O6/c1-8-41-32(38)20(5)42-29-25(33)14-21(15-28(29)40-7)17-34-36-30(35-26-12-10-9-11-22(26)31(36)37)24-16-23(18(2)3)27(39-6)13-19(24)4/h9-18,20H,8H2,1-7H3/t20-/m0/s1. The smallest absolute Gasteiger partial charge is 0.347 e. The Bertz CT molecular complexity index is 1710. The Morgan fingerprint density at radius 2 is 1.79 bits per heavy atom. The minimum Gasteiger partial charge on any atom is -0.496 e. The highest BCUT2D eigenvalue weighted by atomic mass is 35.5. The lowest BCUT2D eigenvalue weighted by Crippen LogP contribution is -2.26. The van der Waals surface area contributed by atoms with Gasteiger partial charge in [-0.3, -0.25) is 4.79 Å². The van der Waals surface area contributed by atoms with E-state index in [2.05, 4.69) is 18.9 Å². The summed E-state index contributed by atoms with van der Waals surface area (Å²) in [4.78, 5) is 30.7. The first-order valence-corrected chi connectivity index (χ1v) is 13.9. The summed E-state index contributed by atoms with van der Waals surface area (Å²) < 4.78 is 23.2. The number of nitrogens with zero attached hydrogens (tertiary/aromatic N) is 3. The summed E-state index contributed by atoms with van der Waals surface area (Å²) in [5.74, 6) is 1.29. The van der Waals surface area contributed by atoms with Gasteiger partial charge in [0, 0.05) is 5.56 Å². The zero-order chi connectivity index (χ0) is 30.6. The van der Waals surface area contributed by atoms with Crippen molar-refractivity contribution in [2.75, 3.05) is 20.8 Å². The lowest BCUT2D eigenvalue weighted by atomic mass is 9.96. The highest BCUT2D eigenvalue weighted by Gasteiger charge is 2.21. The van der Waals surface area contributed by atoms with Crippen molar-refractivity contribution >= 4 is 34.7 Å². The van der Waals surface area contributed by atoms with Crippen LogP contribution in [0.15, 0.2) is 58.4 Å². The Morgan fingerprint density at radius 1 is 1.07 bits per heavy atom. The monoisotopic (exact) mass is 591 g/mol. The third kappa shape index (κ3) is 6.26. The summed E-state index contributed by atoms with van der Waals surface area (Å²) in [5.41, 5.74) is 3.39. The van der Waals surface area contributed by atoms with Gasteiger partial charge < -0.3 is 18.9 Å². The van der Waals surface area contributed by atoms with E-state index in [1.807, 2.05) is 25.1 Å². The second-order valence-electron chi connectivity index (χ2n) is 9.92. The van der Waals surface area contributed by atoms with Crippen molar-refractivity contribution in [2.45, 2.75) is 46.6 Å². The molecule has 1 heterocycles. The van der Waals surface area contributed by atoms with Crippen LogP contribution in [0.25, 0.3) is 22.3 Å². The molecule has 3 aromatic carbocycles. The third-order valence-electron chi connectivity index (χ3n) is 6.68. The maximum absolute atomic E-state index is 13.7. The Balaban J connectivity index is 1.85. The summed E-state index contributed by atoms with van der Waals surface area (Å²) in [6.45, 7) is 9.61. The molecule has 4 aromatic rings. The van der Waals surface area contributed by atoms with E-state index in [4.69, 9.17) is 35.5 Å². The van der Waals surface area contributed by atoms with Crippen LogP contribution >= 0.6 is 11.6 Å². The Morgan fingerprint density at radius 3 is 2.45 bits per heavy atom. The zero-order valence-electron chi connectivity index (χ0n) is 24.7. The second-order valence-corrected chi connectivity index (χ2v) is 10.3. The number of para-hydroxylation sites is 1. The van der Waals surface area contributed by atoms with Crippen LogP contribution in [-0.4, -0.2) is 48.8 Å². The number of aryl methyl sites for hydroxylation is 1. The number of hydrogen-bond acceptors (Lipinski definition) is 8. The van der Waals surface area contributed by atoms with Crippen LogP contribution in [-0.2, 0) is 9.53 Å². The summed E-state index contributed by atoms with van der Waals surface area (Å²) in [5, 5.41) is 5.21. The highest BCUT2D eigenvalue weighted by Crippen LogP contribution is 2.37. The Labute approximate surface area is 249 Å². The van der Waals surface area contributed by atoms with Gasteiger partial charge in [0.15, 0.2) is 23.4 Å². The molecule has 0 bridgehead atoms. The van der Waals surface area contributed by atoms with E-state index in [-0.39, 0.29) is 34.6 Å². The van der Waals surface area contributed by atoms with Crippen molar-refractivity contribution in [3.8, 4) is 28.6 Å². The van der Waals surface area contributed by atoms with E-state index < -0.39 is 12.1 Å². The number of aromatic nitrogens is 2. The van der Waals surface area contributed by atoms with Crippen LogP contribution in [0.2, 0.25) is 5.02 Å². The van der Waals surface area contributed by atoms with Gasteiger partial charge in [0.1, 0.15) is 5.75 Å². The lowest BCUT2D eigenvalue weighted by Gasteiger charge is -2.18. The molecule has 1 atom stereocenters. The number of fused-ring (bicyclic) bond motifs is 1. The van der Waals surface area contributed by atoms with Crippen molar-refractivity contribution in [2.24, 2.45) is 5.10 Å². The van der Waals surface area contributed by atoms with Crippen LogP contribution in [0.3, 0.4) is 0 Å². The van der Waals surface area contributed by atoms with Crippen molar-refractivity contribution in [3.63, 3.8) is 0 Å². The number of methoxy groups -OCH3 is 2. The predicted molar refractivity (Wildman–Crippen MR) is 165 cm³/mol. The number of benzene rings is 3. The first-order valence-electron chi connectivity index (χ1n) is 13.5. The van der Waals surface area contributed by atoms with Crippen LogP contribution in [0.5, 0.6) is 17.2 Å². The molecule has 0 amide bonds. The SMILES string of the molecule is CCOC(=O)[C@H](C)Oc1c(Cl)cc(C=Nn2c(-c3cc(C(C)C)c(OC)cc3C)nc3ccccc3c2=O)cc1OC. The molecule has 42 heavy (non-hydrogen) atoms. The number of halogens is 1. The maximum atomic E-state index is 13.7. The number of esters is 1. The summed E-state index contributed by atoms with van der Waals surface area (Å²) >= 11 is 6.54. The minimum absolute atomic E-state index is 0.172. The summed E-state index contributed by atoms with van der Waals surface area (Å²) in [6.07, 6.45) is 0.598. The van der Waals surface area contributed by atoms with Gasteiger partial charge >= 0.3 is 5.97 Å². The molecule has 0 fully saturated rings. The molecule has 0 aliphatic carbocycles. The first kappa shape index (κ1) is 30.6. The van der Waals surface area contributed by atoms with Gasteiger partial charge in [-0.05, 0) is 79.8 Å². The average molecular weight is 592 g/mol. The molecular weight excluding hydrogens is 558 g/mol. The number of carbonyl (C=O) groups excluding carboxylic acids is 1. The number of rotatable bonds is 10. The molecule has 0 saturated heterocycles. The Hall–Kier alpha value is -4.37. The van der Waals surface area contributed by atoms with Gasteiger partial charge in [-0.2, -0.15) is 9.78 Å². The van der Waals surface area contributed by atoms with E-state index in [0.717, 1.165) is 22.4 Å².